The van der Waals surface area contributed by atoms with Crippen molar-refractivity contribution >= 4 is 11.9 Å². The van der Waals surface area contributed by atoms with E-state index in [1.807, 2.05) is 0 Å². The zero-order chi connectivity index (χ0) is 11.8. The van der Waals surface area contributed by atoms with E-state index in [0.29, 0.717) is 0 Å². The molecule has 0 saturated heterocycles. The summed E-state index contributed by atoms with van der Waals surface area (Å²) in [5.41, 5.74) is -0.494. The maximum Gasteiger partial charge on any atom is 0.356 e. The number of esters is 1. The molecule has 0 spiro atoms. The number of carbonyl (C=O) groups is 2. The lowest BCUT2D eigenvalue weighted by Gasteiger charge is -2.17. The van der Waals surface area contributed by atoms with Crippen LogP contribution in [-0.2, 0) is 19.1 Å². The summed E-state index contributed by atoms with van der Waals surface area (Å²) in [6.07, 6.45) is 0. The maximum atomic E-state index is 11.2. The highest BCUT2D eigenvalue weighted by Gasteiger charge is 2.14. The lowest BCUT2D eigenvalue weighted by Crippen LogP contribution is -2.31. The first-order chi connectivity index (χ1) is 7.02. The molecule has 0 aliphatic carbocycles. The number of amides is 1. The van der Waals surface area contributed by atoms with Crippen LogP contribution in [0.2, 0.25) is 0 Å². The molecular formula is C9H14NO5-. The Kier molecular flexibility index (Phi) is 5.92. The van der Waals surface area contributed by atoms with Crippen molar-refractivity contribution in [2.75, 3.05) is 13.2 Å². The molecule has 0 heterocycles. The zero-order valence-corrected chi connectivity index (χ0v) is 8.96. The number of nitrogens with one attached hydrogen (secondary N) is 1. The van der Waals surface area contributed by atoms with Gasteiger partial charge < -0.3 is 19.9 Å². The van der Waals surface area contributed by atoms with Gasteiger partial charge in [-0.05, 0) is 13.5 Å². The molecule has 0 radical (unpaired) electrons. The zero-order valence-electron chi connectivity index (χ0n) is 8.96. The molecular weight excluding hydrogens is 202 g/mol. The molecule has 6 heteroatoms. The molecule has 0 atom stereocenters. The van der Waals surface area contributed by atoms with Crippen LogP contribution < -0.4 is 10.4 Å². The van der Waals surface area contributed by atoms with Gasteiger partial charge in [-0.2, -0.15) is 0 Å². The van der Waals surface area contributed by atoms with E-state index >= 15 is 0 Å². The molecule has 1 amide bonds. The SMILES string of the molecule is CCOC(=O)/C(NC(C)=O)=C(\[O-])OCC. The third-order valence-electron chi connectivity index (χ3n) is 1.26. The second kappa shape index (κ2) is 6.69. The minimum Gasteiger partial charge on any atom is -0.612 e. The van der Waals surface area contributed by atoms with Crippen molar-refractivity contribution in [3.05, 3.63) is 11.6 Å². The summed E-state index contributed by atoms with van der Waals surface area (Å²) in [4.78, 5) is 21.9. The predicted octanol–water partition coefficient (Wildman–Crippen LogP) is -0.748. The first-order valence-corrected chi connectivity index (χ1v) is 4.51. The van der Waals surface area contributed by atoms with Crippen LogP contribution >= 0.6 is 0 Å². The van der Waals surface area contributed by atoms with Crippen molar-refractivity contribution in [3.63, 3.8) is 0 Å². The van der Waals surface area contributed by atoms with Crippen LogP contribution in [0.15, 0.2) is 11.6 Å². The summed E-state index contributed by atoms with van der Waals surface area (Å²) in [5, 5.41) is 13.3. The number of carbonyl (C=O) groups excluding carboxylic acids is 2. The molecule has 0 rings (SSSR count). The average molecular weight is 216 g/mol. The van der Waals surface area contributed by atoms with Gasteiger partial charge in [-0.1, -0.05) is 6.92 Å². The van der Waals surface area contributed by atoms with Gasteiger partial charge in [-0.25, -0.2) is 4.79 Å². The third-order valence-corrected chi connectivity index (χ3v) is 1.26. The van der Waals surface area contributed by atoms with E-state index in [1.165, 1.54) is 6.92 Å². The monoisotopic (exact) mass is 216 g/mol. The fraction of sp³-hybridized carbons (Fsp3) is 0.556. The lowest BCUT2D eigenvalue weighted by atomic mass is 10.4. The number of rotatable bonds is 5. The molecule has 0 aliphatic rings. The van der Waals surface area contributed by atoms with Crippen molar-refractivity contribution in [2.45, 2.75) is 20.8 Å². The van der Waals surface area contributed by atoms with Gasteiger partial charge >= 0.3 is 5.97 Å². The Balaban J connectivity index is 4.78. The summed E-state index contributed by atoms with van der Waals surface area (Å²) in [6, 6.07) is 0. The molecule has 86 valence electrons. The Morgan fingerprint density at radius 2 is 1.73 bits per heavy atom. The molecule has 0 aliphatic heterocycles. The Bertz CT molecular complexity index is 272. The van der Waals surface area contributed by atoms with Gasteiger partial charge in [-0.15, -0.1) is 0 Å². The quantitative estimate of drug-likeness (QED) is 0.371. The Morgan fingerprint density at radius 3 is 2.13 bits per heavy atom. The smallest absolute Gasteiger partial charge is 0.356 e. The second-order valence-corrected chi connectivity index (χ2v) is 2.50. The number of ether oxygens (including phenoxy) is 2. The van der Waals surface area contributed by atoms with E-state index in [1.54, 1.807) is 13.8 Å². The van der Waals surface area contributed by atoms with E-state index in [0.717, 1.165) is 0 Å². The van der Waals surface area contributed by atoms with Gasteiger partial charge in [-0.3, -0.25) is 4.79 Å². The predicted molar refractivity (Wildman–Crippen MR) is 49.1 cm³/mol. The van der Waals surface area contributed by atoms with E-state index in [2.05, 4.69) is 14.8 Å². The Labute approximate surface area is 87.9 Å². The molecule has 15 heavy (non-hydrogen) atoms. The minimum absolute atomic E-state index is 0.112. The lowest BCUT2D eigenvalue weighted by molar-refractivity contribution is -0.358. The summed E-state index contributed by atoms with van der Waals surface area (Å²) in [6.45, 7) is 4.59. The van der Waals surface area contributed by atoms with Crippen LogP contribution in [0.3, 0.4) is 0 Å². The van der Waals surface area contributed by atoms with Gasteiger partial charge in [0.05, 0.1) is 12.6 Å². The van der Waals surface area contributed by atoms with Crippen LogP contribution in [0, 0.1) is 0 Å². The molecule has 0 fully saturated rings. The largest absolute Gasteiger partial charge is 0.612 e. The highest BCUT2D eigenvalue weighted by Crippen LogP contribution is 2.00. The summed E-state index contributed by atoms with van der Waals surface area (Å²) in [5.74, 6) is -2.33. The van der Waals surface area contributed by atoms with Gasteiger partial charge in [0, 0.05) is 6.92 Å². The third kappa shape index (κ3) is 4.90. The maximum absolute atomic E-state index is 11.2. The first-order valence-electron chi connectivity index (χ1n) is 4.51. The average Bonchev–Trinajstić information content (AvgIpc) is 2.14. The summed E-state index contributed by atoms with van der Waals surface area (Å²) in [7, 11) is 0. The molecule has 0 unspecified atom stereocenters. The molecule has 0 aromatic rings. The Morgan fingerprint density at radius 1 is 1.20 bits per heavy atom. The molecule has 0 aromatic heterocycles. The van der Waals surface area contributed by atoms with Crippen LogP contribution in [0.5, 0.6) is 0 Å². The molecule has 6 nitrogen and oxygen atoms in total. The standard InChI is InChI=1S/C9H15NO5/c1-4-14-8(12)7(10-6(3)11)9(13)15-5-2/h12H,4-5H2,1-3H3,(H,10,11)/p-1/b8-7-. The fourth-order valence-electron chi connectivity index (χ4n) is 0.768. The fourth-order valence-corrected chi connectivity index (χ4v) is 0.768. The molecule has 0 aromatic carbocycles. The van der Waals surface area contributed by atoms with Crippen molar-refractivity contribution < 1.29 is 24.2 Å². The van der Waals surface area contributed by atoms with Gasteiger partial charge in [0.25, 0.3) is 0 Å². The van der Waals surface area contributed by atoms with Crippen LogP contribution in [0.25, 0.3) is 0 Å². The second-order valence-electron chi connectivity index (χ2n) is 2.50. The van der Waals surface area contributed by atoms with Crippen molar-refractivity contribution in [1.29, 1.82) is 0 Å². The highest BCUT2D eigenvalue weighted by molar-refractivity contribution is 5.93. The number of hydrogen-bond donors (Lipinski definition) is 1. The topological polar surface area (TPSA) is 87.7 Å². The van der Waals surface area contributed by atoms with Crippen LogP contribution in [0.1, 0.15) is 20.8 Å². The highest BCUT2D eigenvalue weighted by atomic mass is 16.6. The normalized spacial score (nSPS) is 11.4. The van der Waals surface area contributed by atoms with E-state index < -0.39 is 23.5 Å². The molecule has 0 saturated carbocycles. The van der Waals surface area contributed by atoms with Gasteiger partial charge in [0.2, 0.25) is 5.91 Å². The Hall–Kier alpha value is -1.72. The van der Waals surface area contributed by atoms with Crippen molar-refractivity contribution in [2.24, 2.45) is 0 Å². The van der Waals surface area contributed by atoms with Crippen molar-refractivity contribution in [3.8, 4) is 0 Å². The van der Waals surface area contributed by atoms with Gasteiger partial charge in [0.15, 0.2) is 0 Å². The molecule has 1 N–H and O–H groups in total. The number of hydrogen-bond acceptors (Lipinski definition) is 5. The van der Waals surface area contributed by atoms with E-state index in [4.69, 9.17) is 0 Å². The minimum atomic E-state index is -0.897. The van der Waals surface area contributed by atoms with Crippen LogP contribution in [0.4, 0.5) is 0 Å². The van der Waals surface area contributed by atoms with Crippen molar-refractivity contribution in [1.82, 2.24) is 5.32 Å². The summed E-state index contributed by atoms with van der Waals surface area (Å²) < 4.78 is 9.16. The first kappa shape index (κ1) is 13.3. The summed E-state index contributed by atoms with van der Waals surface area (Å²) >= 11 is 0. The van der Waals surface area contributed by atoms with E-state index in [9.17, 15) is 14.7 Å². The molecule has 0 bridgehead atoms. The van der Waals surface area contributed by atoms with Crippen LogP contribution in [-0.4, -0.2) is 25.1 Å². The van der Waals surface area contributed by atoms with Gasteiger partial charge in [0.1, 0.15) is 5.70 Å². The van der Waals surface area contributed by atoms with E-state index in [-0.39, 0.29) is 13.2 Å².